The van der Waals surface area contributed by atoms with Crippen molar-refractivity contribution in [1.29, 1.82) is 0 Å². The summed E-state index contributed by atoms with van der Waals surface area (Å²) in [6.07, 6.45) is 0. The molecule has 0 saturated carbocycles. The van der Waals surface area contributed by atoms with Crippen LogP contribution in [0, 0.1) is 0 Å². The van der Waals surface area contributed by atoms with Gasteiger partial charge in [-0.25, -0.2) is 15.0 Å². The third-order valence-corrected chi connectivity index (χ3v) is 10.7. The Morgan fingerprint density at radius 2 is 0.655 bits per heavy atom. The van der Waals surface area contributed by atoms with E-state index in [-0.39, 0.29) is 0 Å². The van der Waals surface area contributed by atoms with Gasteiger partial charge in [-0.2, -0.15) is 0 Å². The van der Waals surface area contributed by atoms with Crippen molar-refractivity contribution in [1.82, 2.24) is 15.0 Å². The molecule has 0 bridgehead atoms. The molecular formula is C51H31N3O. The minimum absolute atomic E-state index is 0.634. The van der Waals surface area contributed by atoms with Gasteiger partial charge < -0.3 is 4.42 Å². The molecule has 256 valence electrons. The van der Waals surface area contributed by atoms with Crippen molar-refractivity contribution in [2.75, 3.05) is 0 Å². The first-order valence-electron chi connectivity index (χ1n) is 18.5. The Labute approximate surface area is 317 Å². The highest BCUT2D eigenvalue weighted by atomic mass is 16.3. The summed E-state index contributed by atoms with van der Waals surface area (Å²) in [5, 5.41) is 9.42. The van der Waals surface area contributed by atoms with Crippen LogP contribution in [0.25, 0.3) is 111 Å². The predicted octanol–water partition coefficient (Wildman–Crippen LogP) is 13.6. The number of fused-ring (bicyclic) bond motifs is 9. The average molecular weight is 702 g/mol. The van der Waals surface area contributed by atoms with Gasteiger partial charge in [-0.15, -0.1) is 0 Å². The number of para-hydroxylation sites is 1. The van der Waals surface area contributed by atoms with Gasteiger partial charge in [-0.05, 0) is 91.0 Å². The molecule has 9 aromatic carbocycles. The number of rotatable bonds is 5. The SMILES string of the molecule is c1ccc(-c2cccc(-c3nc(-c4ccccc4)nc(-c4ccc5c6cc(-c7ccc8oc9ccccc9c8c7)ccc6c6ccccc6c5c4)n3)c2)cc1. The van der Waals surface area contributed by atoms with E-state index in [1.807, 2.05) is 48.5 Å². The summed E-state index contributed by atoms with van der Waals surface area (Å²) in [6.45, 7) is 0. The Kier molecular flexibility index (Phi) is 7.14. The van der Waals surface area contributed by atoms with Gasteiger partial charge in [0, 0.05) is 27.5 Å². The standard InChI is InChI=1S/C51H31N3O/c1-3-12-32(13-4-1)34-16-11-17-37(28-34)50-52-49(33-14-5-2-6-15-33)53-51(54-50)38-23-26-42-44-29-35(22-25-41(44)39-18-7-8-19-40(39)45(42)31-38)36-24-27-48-46(30-36)43-20-9-10-21-47(43)55-48/h1-31H. The van der Waals surface area contributed by atoms with E-state index in [4.69, 9.17) is 19.4 Å². The molecule has 11 aromatic rings. The molecule has 0 fully saturated rings. The Morgan fingerprint density at radius 3 is 1.38 bits per heavy atom. The zero-order valence-electron chi connectivity index (χ0n) is 29.6. The van der Waals surface area contributed by atoms with Crippen molar-refractivity contribution in [3.63, 3.8) is 0 Å². The second-order valence-electron chi connectivity index (χ2n) is 14.0. The van der Waals surface area contributed by atoms with Gasteiger partial charge in [0.25, 0.3) is 0 Å². The summed E-state index contributed by atoms with van der Waals surface area (Å²) in [7, 11) is 0. The Balaban J connectivity index is 1.09. The molecule has 11 rings (SSSR count). The molecule has 0 amide bonds. The normalized spacial score (nSPS) is 11.6. The van der Waals surface area contributed by atoms with E-state index in [2.05, 4.69) is 140 Å². The summed E-state index contributed by atoms with van der Waals surface area (Å²) >= 11 is 0. The number of hydrogen-bond donors (Lipinski definition) is 0. The molecular weight excluding hydrogens is 671 g/mol. The second-order valence-corrected chi connectivity index (χ2v) is 14.0. The summed E-state index contributed by atoms with van der Waals surface area (Å²) in [5.41, 5.74) is 9.20. The maximum absolute atomic E-state index is 6.14. The lowest BCUT2D eigenvalue weighted by Crippen LogP contribution is -2.00. The van der Waals surface area contributed by atoms with Crippen LogP contribution in [-0.4, -0.2) is 15.0 Å². The largest absolute Gasteiger partial charge is 0.456 e. The van der Waals surface area contributed by atoms with Gasteiger partial charge in [-0.3, -0.25) is 0 Å². The fourth-order valence-corrected chi connectivity index (χ4v) is 8.00. The zero-order valence-corrected chi connectivity index (χ0v) is 29.6. The molecule has 0 N–H and O–H groups in total. The molecule has 0 aliphatic rings. The first-order chi connectivity index (χ1) is 27.2. The van der Waals surface area contributed by atoms with Crippen molar-refractivity contribution in [3.05, 3.63) is 188 Å². The molecule has 4 nitrogen and oxygen atoms in total. The first kappa shape index (κ1) is 31.1. The molecule has 55 heavy (non-hydrogen) atoms. The van der Waals surface area contributed by atoms with Gasteiger partial charge in [0.15, 0.2) is 17.5 Å². The first-order valence-corrected chi connectivity index (χ1v) is 18.5. The highest BCUT2D eigenvalue weighted by Crippen LogP contribution is 2.40. The maximum atomic E-state index is 6.14. The number of benzene rings is 9. The van der Waals surface area contributed by atoms with Crippen LogP contribution in [0.15, 0.2) is 192 Å². The van der Waals surface area contributed by atoms with Crippen LogP contribution < -0.4 is 0 Å². The van der Waals surface area contributed by atoms with Gasteiger partial charge >= 0.3 is 0 Å². The predicted molar refractivity (Wildman–Crippen MR) is 227 cm³/mol. The van der Waals surface area contributed by atoms with Crippen LogP contribution in [0.3, 0.4) is 0 Å². The highest BCUT2D eigenvalue weighted by Gasteiger charge is 2.16. The van der Waals surface area contributed by atoms with Gasteiger partial charge in [0.05, 0.1) is 0 Å². The lowest BCUT2D eigenvalue weighted by molar-refractivity contribution is 0.669. The Morgan fingerprint density at radius 1 is 0.236 bits per heavy atom. The number of hydrogen-bond acceptors (Lipinski definition) is 4. The fourth-order valence-electron chi connectivity index (χ4n) is 8.00. The zero-order chi connectivity index (χ0) is 36.3. The van der Waals surface area contributed by atoms with E-state index in [9.17, 15) is 0 Å². The molecule has 0 saturated heterocycles. The van der Waals surface area contributed by atoms with Crippen molar-refractivity contribution >= 4 is 54.3 Å². The minimum atomic E-state index is 0.634. The lowest BCUT2D eigenvalue weighted by Gasteiger charge is -2.14. The molecule has 0 atom stereocenters. The van der Waals surface area contributed by atoms with Crippen LogP contribution in [0.5, 0.6) is 0 Å². The smallest absolute Gasteiger partial charge is 0.164 e. The summed E-state index contributed by atoms with van der Waals surface area (Å²) < 4.78 is 6.14. The minimum Gasteiger partial charge on any atom is -0.456 e. The van der Waals surface area contributed by atoms with Crippen molar-refractivity contribution < 1.29 is 4.42 Å². The molecule has 0 spiro atoms. The number of nitrogens with zero attached hydrogens (tertiary/aromatic N) is 3. The molecule has 0 radical (unpaired) electrons. The third kappa shape index (κ3) is 5.34. The van der Waals surface area contributed by atoms with E-state index in [0.29, 0.717) is 17.5 Å². The maximum Gasteiger partial charge on any atom is 0.164 e. The van der Waals surface area contributed by atoms with E-state index in [1.54, 1.807) is 0 Å². The molecule has 0 aliphatic heterocycles. The van der Waals surface area contributed by atoms with Crippen LogP contribution in [-0.2, 0) is 0 Å². The van der Waals surface area contributed by atoms with E-state index >= 15 is 0 Å². The van der Waals surface area contributed by atoms with E-state index < -0.39 is 0 Å². The van der Waals surface area contributed by atoms with Crippen LogP contribution in [0.1, 0.15) is 0 Å². The fraction of sp³-hybridized carbons (Fsp3) is 0. The Bertz CT molecular complexity index is 3260. The molecule has 0 unspecified atom stereocenters. The Hall–Kier alpha value is -7.43. The number of furan rings is 1. The van der Waals surface area contributed by atoms with Crippen molar-refractivity contribution in [3.8, 4) is 56.4 Å². The summed E-state index contributed by atoms with van der Waals surface area (Å²) in [5.74, 6) is 1.91. The third-order valence-electron chi connectivity index (χ3n) is 10.7. The topological polar surface area (TPSA) is 51.8 Å². The summed E-state index contributed by atoms with van der Waals surface area (Å²) in [4.78, 5) is 15.3. The monoisotopic (exact) mass is 701 g/mol. The highest BCUT2D eigenvalue weighted by molar-refractivity contribution is 6.26. The van der Waals surface area contributed by atoms with Crippen LogP contribution >= 0.6 is 0 Å². The molecule has 2 heterocycles. The van der Waals surface area contributed by atoms with Crippen LogP contribution in [0.2, 0.25) is 0 Å². The van der Waals surface area contributed by atoms with E-state index in [0.717, 1.165) is 66.3 Å². The van der Waals surface area contributed by atoms with Crippen molar-refractivity contribution in [2.45, 2.75) is 0 Å². The van der Waals surface area contributed by atoms with Gasteiger partial charge in [-0.1, -0.05) is 152 Å². The molecule has 0 aliphatic carbocycles. The van der Waals surface area contributed by atoms with Crippen molar-refractivity contribution in [2.24, 2.45) is 0 Å². The van der Waals surface area contributed by atoms with Crippen LogP contribution in [0.4, 0.5) is 0 Å². The molecule has 4 heteroatoms. The van der Waals surface area contributed by atoms with Gasteiger partial charge in [0.2, 0.25) is 0 Å². The second kappa shape index (κ2) is 12.6. The average Bonchev–Trinajstić information content (AvgIpc) is 3.65. The number of aromatic nitrogens is 3. The summed E-state index contributed by atoms with van der Waals surface area (Å²) in [6, 6.07) is 65.9. The molecule has 2 aromatic heterocycles. The van der Waals surface area contributed by atoms with Gasteiger partial charge in [0.1, 0.15) is 11.2 Å². The van der Waals surface area contributed by atoms with E-state index in [1.165, 1.54) is 26.9 Å². The lowest BCUT2D eigenvalue weighted by atomic mass is 9.91. The quantitative estimate of drug-likeness (QED) is 0.168.